The van der Waals surface area contributed by atoms with Crippen molar-refractivity contribution in [3.63, 3.8) is 0 Å². The molecule has 0 heterocycles. The second-order valence-corrected chi connectivity index (χ2v) is 2.32. The molecule has 0 rings (SSSR count). The fourth-order valence-corrected chi connectivity index (χ4v) is 0.507. The summed E-state index contributed by atoms with van der Waals surface area (Å²) in [6.07, 6.45) is 4.15. The summed E-state index contributed by atoms with van der Waals surface area (Å²) in [6.45, 7) is 14.8. The van der Waals surface area contributed by atoms with Gasteiger partial charge in [0.15, 0.2) is 5.78 Å². The summed E-state index contributed by atoms with van der Waals surface area (Å²) in [5.74, 6) is -0.829. The Kier molecular flexibility index (Phi) is 48.0. The largest absolute Gasteiger partial charge is 0 e. The summed E-state index contributed by atoms with van der Waals surface area (Å²) < 4.78 is 26.8. The standard InChI is InChI=1S/C9H12O4.3CO.Fe/c1-7(10)8(11)5-3-4-6-9(12)13-2;3*1-2;/h3-6,8,11H,1-2H3;;;;/t8-;;;;/m1..../s1. The number of rotatable bonds is 6. The average molecular weight is 324 g/mol. The van der Waals surface area contributed by atoms with Crippen molar-refractivity contribution < 1.29 is 50.5 Å². The van der Waals surface area contributed by atoms with Gasteiger partial charge in [-0.05, 0) is 19.8 Å². The van der Waals surface area contributed by atoms with Crippen LogP contribution in [0.4, 0.5) is 0 Å². The van der Waals surface area contributed by atoms with Crippen LogP contribution in [0.2, 0.25) is 0 Å². The molecule has 1 N–H and O–H groups in total. The first-order valence-corrected chi connectivity index (χ1v) is 4.30. The maximum absolute atomic E-state index is 10.5. The summed E-state index contributed by atoms with van der Waals surface area (Å²) in [4.78, 5) is 21.0. The molecular formula is C12H12FeO7. The van der Waals surface area contributed by atoms with Gasteiger partial charge in [0.2, 0.25) is 0 Å². The Hall–Kier alpha value is -1.16. The fraction of sp³-hybridized carbons (Fsp3) is 0.250. The van der Waals surface area contributed by atoms with E-state index in [0.717, 1.165) is 0 Å². The van der Waals surface area contributed by atoms with Gasteiger partial charge in [-0.1, -0.05) is 0 Å². The number of unbranched alkanes of at least 4 members (excludes halogenated alkanes) is 1. The molecule has 0 amide bonds. The first-order valence-electron chi connectivity index (χ1n) is 4.30. The number of ketones is 1. The van der Waals surface area contributed by atoms with Gasteiger partial charge in [-0.25, -0.2) is 0 Å². The summed E-state index contributed by atoms with van der Waals surface area (Å²) in [6, 6.07) is 0. The summed E-state index contributed by atoms with van der Waals surface area (Å²) in [7, 11) is 1.26. The molecule has 0 saturated carbocycles. The minimum absolute atomic E-state index is 0. The van der Waals surface area contributed by atoms with Crippen molar-refractivity contribution in [2.24, 2.45) is 0 Å². The van der Waals surface area contributed by atoms with Gasteiger partial charge in [0.1, 0.15) is 6.10 Å². The molecule has 0 aliphatic heterocycles. The van der Waals surface area contributed by atoms with Crippen LogP contribution >= 0.6 is 0 Å². The molecule has 0 bridgehead atoms. The van der Waals surface area contributed by atoms with E-state index in [0.29, 0.717) is 0 Å². The van der Waals surface area contributed by atoms with E-state index in [-0.39, 0.29) is 22.9 Å². The zero-order chi connectivity index (χ0) is 16.3. The van der Waals surface area contributed by atoms with E-state index in [9.17, 15) is 9.59 Å². The Bertz CT molecular complexity index is 269. The van der Waals surface area contributed by atoms with E-state index in [1.54, 1.807) is 0 Å². The Balaban J connectivity index is -0.0000000940. The van der Waals surface area contributed by atoms with Crippen molar-refractivity contribution in [3.8, 4) is 0 Å². The summed E-state index contributed by atoms with van der Waals surface area (Å²) in [5, 5.41) is 8.96. The number of aliphatic hydroxyl groups is 1. The first-order chi connectivity index (χ1) is 9.07. The molecular weight excluding hydrogens is 312 g/mol. The SMILES string of the molecule is COC(=O)[CH][CH][CH][CH][C@@H](O)C(C)=O.[C-]#[O+].[C-]#[O+].[C-]#[O+].[Fe]. The van der Waals surface area contributed by atoms with E-state index >= 15 is 0 Å². The smallest absolute Gasteiger partial charge is 0 e. The van der Waals surface area contributed by atoms with E-state index in [2.05, 4.69) is 24.7 Å². The van der Waals surface area contributed by atoms with Crippen molar-refractivity contribution >= 4 is 11.8 Å². The van der Waals surface area contributed by atoms with Crippen molar-refractivity contribution in [3.05, 3.63) is 45.6 Å². The van der Waals surface area contributed by atoms with Gasteiger partial charge in [-0.3, -0.25) is 9.59 Å². The maximum Gasteiger partial charge on any atom is 0 e. The molecule has 4 radical (unpaired) electrons. The van der Waals surface area contributed by atoms with Crippen LogP contribution in [0.1, 0.15) is 6.92 Å². The van der Waals surface area contributed by atoms with E-state index in [4.69, 9.17) is 19.1 Å². The zero-order valence-electron chi connectivity index (χ0n) is 10.6. The molecule has 0 aromatic rings. The van der Waals surface area contributed by atoms with Crippen LogP contribution in [0, 0.1) is 45.6 Å². The number of esters is 1. The molecule has 0 aromatic heterocycles. The van der Waals surface area contributed by atoms with Crippen LogP contribution in [0.25, 0.3) is 0 Å². The average Bonchev–Trinajstić information content (AvgIpc) is 2.49. The predicted octanol–water partition coefficient (Wildman–Crippen LogP) is -0.189. The molecule has 20 heavy (non-hydrogen) atoms. The Labute approximate surface area is 128 Å². The normalized spacial score (nSPS) is 8.25. The minimum Gasteiger partial charge on any atom is 0 e. The van der Waals surface area contributed by atoms with Crippen LogP contribution < -0.4 is 0 Å². The number of aliphatic hydroxyl groups excluding tert-OH is 1. The molecule has 7 nitrogen and oxygen atoms in total. The van der Waals surface area contributed by atoms with Gasteiger partial charge in [0.25, 0.3) is 0 Å². The molecule has 0 aliphatic rings. The minimum atomic E-state index is -1.11. The topological polar surface area (TPSA) is 123 Å². The van der Waals surface area contributed by atoms with Gasteiger partial charge in [0, 0.05) is 23.5 Å². The summed E-state index contributed by atoms with van der Waals surface area (Å²) >= 11 is 0. The number of carbonyl (C=O) groups is 2. The van der Waals surface area contributed by atoms with E-state index in [1.807, 2.05) is 0 Å². The number of carbonyl (C=O) groups excluding carboxylic acids is 2. The Morgan fingerprint density at radius 2 is 1.50 bits per heavy atom. The molecule has 0 unspecified atom stereocenters. The Morgan fingerprint density at radius 3 is 1.80 bits per heavy atom. The van der Waals surface area contributed by atoms with Crippen molar-refractivity contribution in [2.75, 3.05) is 7.11 Å². The van der Waals surface area contributed by atoms with Crippen molar-refractivity contribution in [1.82, 2.24) is 0 Å². The van der Waals surface area contributed by atoms with Crippen LogP contribution in [0.15, 0.2) is 0 Å². The van der Waals surface area contributed by atoms with E-state index in [1.165, 1.54) is 39.7 Å². The second kappa shape index (κ2) is 30.7. The molecule has 0 saturated heterocycles. The van der Waals surface area contributed by atoms with Crippen LogP contribution in [-0.2, 0) is 45.4 Å². The molecule has 110 valence electrons. The third-order valence-corrected chi connectivity index (χ3v) is 1.25. The van der Waals surface area contributed by atoms with Crippen LogP contribution in [0.5, 0.6) is 0 Å². The fourth-order valence-electron chi connectivity index (χ4n) is 0.507. The number of methoxy groups -OCH3 is 1. The Morgan fingerprint density at radius 1 is 1.10 bits per heavy atom. The number of ether oxygens (including phenoxy) is 1. The molecule has 0 spiro atoms. The molecule has 1 atom stereocenters. The van der Waals surface area contributed by atoms with Crippen LogP contribution in [-0.4, -0.2) is 30.1 Å². The number of Topliss-reactive ketones (excluding diaryl/α,β-unsaturated/α-hetero) is 1. The quantitative estimate of drug-likeness (QED) is 0.239. The molecule has 8 heteroatoms. The molecule has 0 aliphatic carbocycles. The third-order valence-electron chi connectivity index (χ3n) is 1.25. The second-order valence-electron chi connectivity index (χ2n) is 2.32. The molecule has 0 fully saturated rings. The van der Waals surface area contributed by atoms with Crippen molar-refractivity contribution in [1.29, 1.82) is 0 Å². The number of hydrogen-bond acceptors (Lipinski definition) is 4. The van der Waals surface area contributed by atoms with Gasteiger partial charge in [-0.2, -0.15) is 0 Å². The summed E-state index contributed by atoms with van der Waals surface area (Å²) in [5.41, 5.74) is 0. The van der Waals surface area contributed by atoms with Crippen molar-refractivity contribution in [2.45, 2.75) is 13.0 Å². The predicted molar refractivity (Wildman–Crippen MR) is 57.7 cm³/mol. The van der Waals surface area contributed by atoms with Gasteiger partial charge in [0.05, 0.1) is 13.5 Å². The van der Waals surface area contributed by atoms with Gasteiger partial charge in [-0.15, -0.1) is 0 Å². The monoisotopic (exact) mass is 324 g/mol. The van der Waals surface area contributed by atoms with Gasteiger partial charge < -0.3 is 9.84 Å². The molecule has 0 aromatic carbocycles. The number of hydrogen-bond donors (Lipinski definition) is 1. The van der Waals surface area contributed by atoms with Crippen LogP contribution in [0.3, 0.4) is 0 Å². The third kappa shape index (κ3) is 30.1. The van der Waals surface area contributed by atoms with E-state index < -0.39 is 12.1 Å². The zero-order valence-corrected chi connectivity index (χ0v) is 11.7. The first kappa shape index (κ1) is 31.3. The van der Waals surface area contributed by atoms with Gasteiger partial charge >= 0.3 is 39.9 Å². The maximum atomic E-state index is 10.5.